The van der Waals surface area contributed by atoms with Crippen molar-refractivity contribution in [1.29, 1.82) is 0 Å². The molecule has 0 spiro atoms. The van der Waals surface area contributed by atoms with Crippen molar-refractivity contribution in [3.05, 3.63) is 18.5 Å². The Morgan fingerprint density at radius 1 is 1.53 bits per heavy atom. The van der Waals surface area contributed by atoms with E-state index in [-0.39, 0.29) is 6.61 Å². The van der Waals surface area contributed by atoms with Gasteiger partial charge in [0.15, 0.2) is 5.67 Å². The molecule has 0 amide bonds. The van der Waals surface area contributed by atoms with Crippen molar-refractivity contribution in [3.8, 4) is 0 Å². The molecule has 0 saturated carbocycles. The first-order valence-electron chi connectivity index (χ1n) is 4.93. The second-order valence-corrected chi connectivity index (χ2v) is 3.80. The third-order valence-corrected chi connectivity index (χ3v) is 2.54. The molecule has 1 aromatic rings. The van der Waals surface area contributed by atoms with E-state index < -0.39 is 5.67 Å². The maximum atomic E-state index is 14.0. The lowest BCUT2D eigenvalue weighted by Gasteiger charge is -2.19. The standard InChI is InChI=1S/C10H14FN3O/c1-15-8-10(11)3-6-14(7-10)9-12-4-2-5-13-9/h2,4-5H,3,6-8H2,1H3. The van der Waals surface area contributed by atoms with Gasteiger partial charge in [-0.3, -0.25) is 0 Å². The number of ether oxygens (including phenoxy) is 1. The predicted octanol–water partition coefficient (Wildman–Crippen LogP) is 1.04. The van der Waals surface area contributed by atoms with Gasteiger partial charge in [-0.25, -0.2) is 14.4 Å². The SMILES string of the molecule is COCC1(F)CCN(c2ncccn2)C1. The summed E-state index contributed by atoms with van der Waals surface area (Å²) < 4.78 is 18.9. The van der Waals surface area contributed by atoms with E-state index in [1.54, 1.807) is 18.5 Å². The predicted molar refractivity (Wildman–Crippen MR) is 54.6 cm³/mol. The highest BCUT2D eigenvalue weighted by molar-refractivity contribution is 5.32. The van der Waals surface area contributed by atoms with Gasteiger partial charge in [-0.2, -0.15) is 0 Å². The van der Waals surface area contributed by atoms with Crippen molar-refractivity contribution in [3.63, 3.8) is 0 Å². The second kappa shape index (κ2) is 4.10. The monoisotopic (exact) mass is 211 g/mol. The van der Waals surface area contributed by atoms with Crippen molar-refractivity contribution in [1.82, 2.24) is 9.97 Å². The Hall–Kier alpha value is -1.23. The number of rotatable bonds is 3. The Bertz CT molecular complexity index is 322. The number of anilines is 1. The van der Waals surface area contributed by atoms with Crippen molar-refractivity contribution in [2.75, 3.05) is 31.7 Å². The average Bonchev–Trinajstić information content (AvgIpc) is 2.63. The van der Waals surface area contributed by atoms with Crippen molar-refractivity contribution in [2.45, 2.75) is 12.1 Å². The quantitative estimate of drug-likeness (QED) is 0.748. The highest BCUT2D eigenvalue weighted by Crippen LogP contribution is 2.27. The van der Waals surface area contributed by atoms with Crippen LogP contribution in [0.3, 0.4) is 0 Å². The van der Waals surface area contributed by atoms with Gasteiger partial charge in [0, 0.05) is 32.5 Å². The smallest absolute Gasteiger partial charge is 0.225 e. The lowest BCUT2D eigenvalue weighted by molar-refractivity contribution is 0.0570. The van der Waals surface area contributed by atoms with Crippen LogP contribution in [0.5, 0.6) is 0 Å². The van der Waals surface area contributed by atoms with Crippen LogP contribution < -0.4 is 4.90 Å². The van der Waals surface area contributed by atoms with E-state index in [0.717, 1.165) is 0 Å². The molecule has 2 heterocycles. The zero-order valence-electron chi connectivity index (χ0n) is 8.69. The van der Waals surface area contributed by atoms with E-state index in [4.69, 9.17) is 4.74 Å². The minimum absolute atomic E-state index is 0.135. The number of nitrogens with zero attached hydrogens (tertiary/aromatic N) is 3. The third kappa shape index (κ3) is 2.23. The first-order valence-corrected chi connectivity index (χ1v) is 4.93. The second-order valence-electron chi connectivity index (χ2n) is 3.80. The molecule has 1 atom stereocenters. The Kier molecular flexibility index (Phi) is 2.81. The van der Waals surface area contributed by atoms with Crippen LogP contribution in [-0.4, -0.2) is 42.4 Å². The van der Waals surface area contributed by atoms with Gasteiger partial charge < -0.3 is 9.64 Å². The van der Waals surface area contributed by atoms with E-state index >= 15 is 0 Å². The Morgan fingerprint density at radius 2 is 2.27 bits per heavy atom. The fourth-order valence-corrected chi connectivity index (χ4v) is 1.84. The van der Waals surface area contributed by atoms with Crippen molar-refractivity contribution in [2.24, 2.45) is 0 Å². The van der Waals surface area contributed by atoms with Crippen LogP contribution in [0.2, 0.25) is 0 Å². The summed E-state index contributed by atoms with van der Waals surface area (Å²) in [6, 6.07) is 1.75. The Morgan fingerprint density at radius 3 is 2.93 bits per heavy atom. The Labute approximate surface area is 88.1 Å². The summed E-state index contributed by atoms with van der Waals surface area (Å²) in [5.41, 5.74) is -1.26. The fraction of sp³-hybridized carbons (Fsp3) is 0.600. The number of hydrogen-bond donors (Lipinski definition) is 0. The maximum Gasteiger partial charge on any atom is 0.225 e. The summed E-state index contributed by atoms with van der Waals surface area (Å²) in [6.07, 6.45) is 3.80. The normalized spacial score (nSPS) is 25.9. The van der Waals surface area contributed by atoms with Crippen LogP contribution >= 0.6 is 0 Å². The largest absolute Gasteiger partial charge is 0.381 e. The van der Waals surface area contributed by atoms with Crippen LogP contribution in [0.25, 0.3) is 0 Å². The number of halogens is 1. The molecule has 15 heavy (non-hydrogen) atoms. The first-order chi connectivity index (χ1) is 7.23. The molecule has 82 valence electrons. The minimum atomic E-state index is -1.26. The summed E-state index contributed by atoms with van der Waals surface area (Å²) in [5, 5.41) is 0. The van der Waals surface area contributed by atoms with Crippen molar-refractivity contribution >= 4 is 5.95 Å². The summed E-state index contributed by atoms with van der Waals surface area (Å²) in [5.74, 6) is 0.591. The fourth-order valence-electron chi connectivity index (χ4n) is 1.84. The molecular formula is C10H14FN3O. The van der Waals surface area contributed by atoms with Crippen LogP contribution in [0.15, 0.2) is 18.5 Å². The number of hydrogen-bond acceptors (Lipinski definition) is 4. The van der Waals surface area contributed by atoms with Gasteiger partial charge >= 0.3 is 0 Å². The van der Waals surface area contributed by atoms with Gasteiger partial charge in [0.05, 0.1) is 13.2 Å². The zero-order chi connectivity index (χ0) is 10.7. The topological polar surface area (TPSA) is 38.2 Å². The zero-order valence-corrected chi connectivity index (χ0v) is 8.69. The summed E-state index contributed by atoms with van der Waals surface area (Å²) >= 11 is 0. The average molecular weight is 211 g/mol. The minimum Gasteiger partial charge on any atom is -0.381 e. The molecule has 0 bridgehead atoms. The molecule has 1 unspecified atom stereocenters. The molecule has 0 aromatic carbocycles. The van der Waals surface area contributed by atoms with Crippen LogP contribution in [0, 0.1) is 0 Å². The van der Waals surface area contributed by atoms with Crippen LogP contribution in [0.4, 0.5) is 10.3 Å². The number of methoxy groups -OCH3 is 1. The lowest BCUT2D eigenvalue weighted by Crippen LogP contribution is -2.33. The van der Waals surface area contributed by atoms with Gasteiger partial charge in [0.2, 0.25) is 5.95 Å². The molecule has 2 rings (SSSR count). The first kappa shape index (κ1) is 10.3. The van der Waals surface area contributed by atoms with Gasteiger partial charge in [0.25, 0.3) is 0 Å². The third-order valence-electron chi connectivity index (χ3n) is 2.54. The van der Waals surface area contributed by atoms with E-state index in [2.05, 4.69) is 9.97 Å². The molecule has 1 aromatic heterocycles. The van der Waals surface area contributed by atoms with Gasteiger partial charge in [-0.05, 0) is 6.07 Å². The molecule has 1 fully saturated rings. The summed E-state index contributed by atoms with van der Waals surface area (Å²) in [7, 11) is 1.52. The molecule has 1 aliphatic heterocycles. The summed E-state index contributed by atoms with van der Waals surface area (Å²) in [4.78, 5) is 10.0. The molecule has 1 aliphatic rings. The molecule has 5 heteroatoms. The highest BCUT2D eigenvalue weighted by Gasteiger charge is 2.39. The lowest BCUT2D eigenvalue weighted by atomic mass is 10.1. The van der Waals surface area contributed by atoms with Crippen molar-refractivity contribution < 1.29 is 9.13 Å². The van der Waals surface area contributed by atoms with Gasteiger partial charge in [0.1, 0.15) is 0 Å². The molecule has 0 radical (unpaired) electrons. The Balaban J connectivity index is 2.04. The van der Waals surface area contributed by atoms with Crippen LogP contribution in [0.1, 0.15) is 6.42 Å². The van der Waals surface area contributed by atoms with E-state index in [1.165, 1.54) is 7.11 Å². The van der Waals surface area contributed by atoms with Gasteiger partial charge in [-0.1, -0.05) is 0 Å². The molecular weight excluding hydrogens is 197 g/mol. The number of aromatic nitrogens is 2. The maximum absolute atomic E-state index is 14.0. The summed E-state index contributed by atoms with van der Waals surface area (Å²) in [6.45, 7) is 1.09. The highest BCUT2D eigenvalue weighted by atomic mass is 19.1. The van der Waals surface area contributed by atoms with E-state index in [0.29, 0.717) is 25.5 Å². The van der Waals surface area contributed by atoms with E-state index in [9.17, 15) is 4.39 Å². The van der Waals surface area contributed by atoms with Gasteiger partial charge in [-0.15, -0.1) is 0 Å². The molecule has 0 N–H and O–H groups in total. The molecule has 4 nitrogen and oxygen atoms in total. The molecule has 0 aliphatic carbocycles. The van der Waals surface area contributed by atoms with E-state index in [1.807, 2.05) is 4.90 Å². The van der Waals surface area contributed by atoms with Crippen LogP contribution in [-0.2, 0) is 4.74 Å². The molecule has 1 saturated heterocycles. The number of alkyl halides is 1.